The van der Waals surface area contributed by atoms with Crippen molar-refractivity contribution in [3.8, 4) is 0 Å². The maximum atomic E-state index is 11.1. The van der Waals surface area contributed by atoms with Crippen LogP contribution in [0.1, 0.15) is 17.5 Å². The highest BCUT2D eigenvalue weighted by Crippen LogP contribution is 2.10. The van der Waals surface area contributed by atoms with Crippen molar-refractivity contribution in [3.05, 3.63) is 35.4 Å². The fourth-order valence-corrected chi connectivity index (χ4v) is 2.24. The molecular weight excluding hydrogens is 238 g/mol. The Hall–Kier alpha value is -1.06. The van der Waals surface area contributed by atoms with Gasteiger partial charge in [-0.05, 0) is 5.56 Å². The van der Waals surface area contributed by atoms with Gasteiger partial charge < -0.3 is 22.0 Å². The van der Waals surface area contributed by atoms with E-state index in [1.165, 1.54) is 23.1 Å². The largest absolute Gasteiger partial charge is 1.00 e. The lowest BCUT2D eigenvalue weighted by atomic mass is 10.00. The molecular formula is C13H18ClNO2. The summed E-state index contributed by atoms with van der Waals surface area (Å²) < 4.78 is 4.66. The zero-order valence-electron chi connectivity index (χ0n) is 10.0. The van der Waals surface area contributed by atoms with Crippen LogP contribution in [-0.4, -0.2) is 26.2 Å². The topological polar surface area (TPSA) is 30.7 Å². The summed E-state index contributed by atoms with van der Waals surface area (Å²) in [4.78, 5) is 12.5. The van der Waals surface area contributed by atoms with Gasteiger partial charge in [0.05, 0.1) is 26.6 Å². The van der Waals surface area contributed by atoms with Crippen LogP contribution in [0.4, 0.5) is 0 Å². The van der Waals surface area contributed by atoms with Crippen molar-refractivity contribution in [1.82, 2.24) is 0 Å². The van der Waals surface area contributed by atoms with Crippen molar-refractivity contribution in [1.29, 1.82) is 0 Å². The Morgan fingerprint density at radius 2 is 2.06 bits per heavy atom. The molecule has 0 saturated heterocycles. The Labute approximate surface area is 108 Å². The molecule has 17 heavy (non-hydrogen) atoms. The normalized spacial score (nSPS) is 17.8. The van der Waals surface area contributed by atoms with Gasteiger partial charge in [0.1, 0.15) is 6.54 Å². The first-order valence-electron chi connectivity index (χ1n) is 5.77. The lowest BCUT2D eigenvalue weighted by Crippen LogP contribution is -3.11. The molecule has 0 fully saturated rings. The molecule has 1 aromatic rings. The van der Waals surface area contributed by atoms with Crippen LogP contribution in [-0.2, 0) is 22.5 Å². The number of carbonyl (C=O) groups is 1. The molecule has 1 N–H and O–H groups in total. The van der Waals surface area contributed by atoms with E-state index in [2.05, 4.69) is 29.0 Å². The first-order valence-corrected chi connectivity index (χ1v) is 5.77. The van der Waals surface area contributed by atoms with Crippen LogP contribution < -0.4 is 17.3 Å². The summed E-state index contributed by atoms with van der Waals surface area (Å²) in [5.74, 6) is -0.105. The lowest BCUT2D eigenvalue weighted by molar-refractivity contribution is -0.915. The van der Waals surface area contributed by atoms with Crippen LogP contribution in [0.25, 0.3) is 0 Å². The van der Waals surface area contributed by atoms with E-state index in [9.17, 15) is 4.79 Å². The molecule has 0 spiro atoms. The SMILES string of the molecule is COC(=O)CC[NH+]1CCc2ccccc2C1.[Cl-]. The Bertz CT molecular complexity index is 381. The summed E-state index contributed by atoms with van der Waals surface area (Å²) in [6.07, 6.45) is 1.64. The second kappa shape index (κ2) is 6.62. The molecule has 0 bridgehead atoms. The van der Waals surface area contributed by atoms with Gasteiger partial charge in [0, 0.05) is 12.0 Å². The quantitative estimate of drug-likeness (QED) is 0.592. The molecule has 1 aromatic carbocycles. The van der Waals surface area contributed by atoms with E-state index in [4.69, 9.17) is 0 Å². The number of esters is 1. The molecule has 0 radical (unpaired) electrons. The lowest BCUT2D eigenvalue weighted by Gasteiger charge is -2.25. The highest BCUT2D eigenvalue weighted by atomic mass is 35.5. The number of quaternary nitrogens is 1. The summed E-state index contributed by atoms with van der Waals surface area (Å²) in [6.45, 7) is 3.03. The maximum absolute atomic E-state index is 11.1. The van der Waals surface area contributed by atoms with Gasteiger partial charge in [0.25, 0.3) is 0 Å². The second-order valence-corrected chi connectivity index (χ2v) is 4.27. The van der Waals surface area contributed by atoms with Crippen molar-refractivity contribution in [2.24, 2.45) is 0 Å². The van der Waals surface area contributed by atoms with Gasteiger partial charge in [-0.15, -0.1) is 0 Å². The third-order valence-corrected chi connectivity index (χ3v) is 3.22. The molecule has 3 nitrogen and oxygen atoms in total. The highest BCUT2D eigenvalue weighted by Gasteiger charge is 2.19. The van der Waals surface area contributed by atoms with Crippen molar-refractivity contribution in [2.45, 2.75) is 19.4 Å². The molecule has 0 aromatic heterocycles. The third kappa shape index (κ3) is 3.72. The summed E-state index contributed by atoms with van der Waals surface area (Å²) in [7, 11) is 1.45. The van der Waals surface area contributed by atoms with Crippen molar-refractivity contribution >= 4 is 5.97 Å². The average molecular weight is 256 g/mol. The first kappa shape index (κ1) is 14.0. The summed E-state index contributed by atoms with van der Waals surface area (Å²) >= 11 is 0. The molecule has 1 unspecified atom stereocenters. The smallest absolute Gasteiger partial charge is 0.311 e. The molecule has 1 aliphatic rings. The number of carbonyl (C=O) groups excluding carboxylic acids is 1. The molecule has 0 saturated carbocycles. The number of ether oxygens (including phenoxy) is 1. The van der Waals surface area contributed by atoms with Crippen LogP contribution in [0, 0.1) is 0 Å². The molecule has 1 atom stereocenters. The zero-order valence-corrected chi connectivity index (χ0v) is 10.8. The minimum absolute atomic E-state index is 0. The molecule has 2 rings (SSSR count). The highest BCUT2D eigenvalue weighted by molar-refractivity contribution is 5.69. The standard InChI is InChI=1S/C13H17NO2.ClH/c1-16-13(15)7-9-14-8-6-11-4-2-3-5-12(11)10-14;/h2-5H,6-10H2,1H3;1H. The molecule has 4 heteroatoms. The van der Waals surface area contributed by atoms with E-state index in [-0.39, 0.29) is 18.4 Å². The number of rotatable bonds is 3. The van der Waals surface area contributed by atoms with E-state index in [1.54, 1.807) is 0 Å². The first-order chi connectivity index (χ1) is 7.79. The van der Waals surface area contributed by atoms with E-state index < -0.39 is 0 Å². The second-order valence-electron chi connectivity index (χ2n) is 4.27. The van der Waals surface area contributed by atoms with Crippen molar-refractivity contribution < 1.29 is 26.8 Å². The Kier molecular flexibility index (Phi) is 5.45. The van der Waals surface area contributed by atoms with Crippen LogP contribution in [0.15, 0.2) is 24.3 Å². The summed E-state index contributed by atoms with van der Waals surface area (Å²) in [5.41, 5.74) is 2.89. The Morgan fingerprint density at radius 3 is 2.76 bits per heavy atom. The van der Waals surface area contributed by atoms with Gasteiger partial charge in [0.2, 0.25) is 0 Å². The number of halogens is 1. The van der Waals surface area contributed by atoms with Gasteiger partial charge in [-0.25, -0.2) is 0 Å². The number of nitrogens with one attached hydrogen (secondary N) is 1. The average Bonchev–Trinajstić information content (AvgIpc) is 2.35. The zero-order chi connectivity index (χ0) is 11.4. The minimum Gasteiger partial charge on any atom is -1.00 e. The molecule has 1 aliphatic heterocycles. The number of hydrogen-bond acceptors (Lipinski definition) is 2. The minimum atomic E-state index is -0.105. The Balaban J connectivity index is 0.00000144. The number of benzene rings is 1. The van der Waals surface area contributed by atoms with Gasteiger partial charge in [-0.1, -0.05) is 24.3 Å². The van der Waals surface area contributed by atoms with Crippen molar-refractivity contribution in [3.63, 3.8) is 0 Å². The molecule has 0 amide bonds. The fourth-order valence-electron chi connectivity index (χ4n) is 2.24. The fraction of sp³-hybridized carbons (Fsp3) is 0.462. The summed E-state index contributed by atoms with van der Waals surface area (Å²) in [5, 5.41) is 0. The molecule has 94 valence electrons. The predicted octanol–water partition coefficient (Wildman–Crippen LogP) is -2.81. The number of hydrogen-bond donors (Lipinski definition) is 1. The molecule has 0 aliphatic carbocycles. The van der Waals surface area contributed by atoms with E-state index in [0.29, 0.717) is 6.42 Å². The van der Waals surface area contributed by atoms with Gasteiger partial charge in [-0.2, -0.15) is 0 Å². The van der Waals surface area contributed by atoms with Crippen LogP contribution >= 0.6 is 0 Å². The van der Waals surface area contributed by atoms with E-state index >= 15 is 0 Å². The van der Waals surface area contributed by atoms with Crippen LogP contribution in [0.3, 0.4) is 0 Å². The molecule has 1 heterocycles. The van der Waals surface area contributed by atoms with E-state index in [1.807, 2.05) is 0 Å². The van der Waals surface area contributed by atoms with Crippen molar-refractivity contribution in [2.75, 3.05) is 20.2 Å². The van der Waals surface area contributed by atoms with Crippen LogP contribution in [0.5, 0.6) is 0 Å². The monoisotopic (exact) mass is 255 g/mol. The van der Waals surface area contributed by atoms with Gasteiger partial charge in [-0.3, -0.25) is 4.79 Å². The summed E-state index contributed by atoms with van der Waals surface area (Å²) in [6, 6.07) is 8.57. The van der Waals surface area contributed by atoms with Gasteiger partial charge in [0.15, 0.2) is 0 Å². The Morgan fingerprint density at radius 1 is 1.35 bits per heavy atom. The van der Waals surface area contributed by atoms with Gasteiger partial charge >= 0.3 is 5.97 Å². The number of fused-ring (bicyclic) bond motifs is 1. The number of methoxy groups -OCH3 is 1. The predicted molar refractivity (Wildman–Crippen MR) is 61.2 cm³/mol. The van der Waals surface area contributed by atoms with E-state index in [0.717, 1.165) is 26.1 Å². The van der Waals surface area contributed by atoms with Crippen LogP contribution in [0.2, 0.25) is 0 Å². The third-order valence-electron chi connectivity index (χ3n) is 3.22. The maximum Gasteiger partial charge on any atom is 0.311 e.